The molecule has 84 valence electrons. The summed E-state index contributed by atoms with van der Waals surface area (Å²) in [5.74, 6) is 1.06. The number of hydrogen-bond donors (Lipinski definition) is 1. The van der Waals surface area contributed by atoms with Gasteiger partial charge in [0.1, 0.15) is 0 Å². The predicted molar refractivity (Wildman–Crippen MR) is 59.6 cm³/mol. The first-order valence-electron chi connectivity index (χ1n) is 6.10. The maximum Gasteiger partial charge on any atom is 0.303 e. The molecular formula is C13H20O2. The van der Waals surface area contributed by atoms with Crippen molar-refractivity contribution >= 4 is 5.97 Å². The van der Waals surface area contributed by atoms with E-state index in [2.05, 4.69) is 13.0 Å². The van der Waals surface area contributed by atoms with E-state index in [0.717, 1.165) is 6.42 Å². The molecule has 1 fully saturated rings. The Hall–Kier alpha value is -0.790. The highest BCUT2D eigenvalue weighted by atomic mass is 16.4. The maximum absolute atomic E-state index is 10.8. The van der Waals surface area contributed by atoms with Gasteiger partial charge in [-0.15, -0.1) is 0 Å². The second-order valence-electron chi connectivity index (χ2n) is 5.14. The van der Waals surface area contributed by atoms with Gasteiger partial charge >= 0.3 is 5.97 Å². The van der Waals surface area contributed by atoms with Crippen molar-refractivity contribution in [1.29, 1.82) is 0 Å². The van der Waals surface area contributed by atoms with Crippen LogP contribution in [0.1, 0.15) is 45.4 Å². The van der Waals surface area contributed by atoms with Crippen molar-refractivity contribution in [3.05, 3.63) is 11.6 Å². The number of fused-ring (bicyclic) bond motifs is 1. The van der Waals surface area contributed by atoms with Crippen molar-refractivity contribution < 1.29 is 9.90 Å². The zero-order valence-corrected chi connectivity index (χ0v) is 9.41. The van der Waals surface area contributed by atoms with Gasteiger partial charge in [0.05, 0.1) is 6.42 Å². The average molecular weight is 208 g/mol. The quantitative estimate of drug-likeness (QED) is 0.707. The van der Waals surface area contributed by atoms with Crippen LogP contribution in [0, 0.1) is 17.8 Å². The Bertz CT molecular complexity index is 280. The van der Waals surface area contributed by atoms with Crippen molar-refractivity contribution in [1.82, 2.24) is 0 Å². The molecule has 0 spiro atoms. The van der Waals surface area contributed by atoms with Crippen molar-refractivity contribution in [2.75, 3.05) is 0 Å². The van der Waals surface area contributed by atoms with Crippen LogP contribution in [0.2, 0.25) is 0 Å². The molecule has 2 heteroatoms. The standard InChI is InChI=1S/C13H20O2/c1-9-5-6-10-3-2-4-11(8-13(14)15)12(10)7-9/h7,9-11H,2-6,8H2,1H3,(H,14,15)/t9-,10+,11-/m0/s1. The van der Waals surface area contributed by atoms with Gasteiger partial charge in [-0.25, -0.2) is 0 Å². The molecule has 2 rings (SSSR count). The summed E-state index contributed by atoms with van der Waals surface area (Å²) in [6, 6.07) is 0. The number of hydrogen-bond acceptors (Lipinski definition) is 1. The normalized spacial score (nSPS) is 35.5. The van der Waals surface area contributed by atoms with Crippen LogP contribution in [0.4, 0.5) is 0 Å². The number of rotatable bonds is 2. The number of carbonyl (C=O) groups is 1. The fraction of sp³-hybridized carbons (Fsp3) is 0.769. The summed E-state index contributed by atoms with van der Waals surface area (Å²) in [6.07, 6.45) is 8.86. The lowest BCUT2D eigenvalue weighted by molar-refractivity contribution is -0.138. The summed E-state index contributed by atoms with van der Waals surface area (Å²) in [6.45, 7) is 2.25. The zero-order chi connectivity index (χ0) is 10.8. The molecule has 2 nitrogen and oxygen atoms in total. The molecule has 0 aromatic carbocycles. The third-order valence-electron chi connectivity index (χ3n) is 3.92. The van der Waals surface area contributed by atoms with E-state index in [9.17, 15) is 4.79 Å². The Morgan fingerprint density at radius 3 is 2.93 bits per heavy atom. The minimum Gasteiger partial charge on any atom is -0.481 e. The highest BCUT2D eigenvalue weighted by Gasteiger charge is 2.31. The topological polar surface area (TPSA) is 37.3 Å². The van der Waals surface area contributed by atoms with E-state index < -0.39 is 5.97 Å². The predicted octanol–water partition coefficient (Wildman–Crippen LogP) is 3.23. The molecule has 0 unspecified atom stereocenters. The third-order valence-corrected chi connectivity index (χ3v) is 3.92. The highest BCUT2D eigenvalue weighted by Crippen LogP contribution is 2.42. The van der Waals surface area contributed by atoms with Gasteiger partial charge in [-0.1, -0.05) is 25.0 Å². The van der Waals surface area contributed by atoms with E-state index >= 15 is 0 Å². The van der Waals surface area contributed by atoms with Gasteiger partial charge in [0.25, 0.3) is 0 Å². The molecule has 0 radical (unpaired) electrons. The monoisotopic (exact) mass is 208 g/mol. The molecular weight excluding hydrogens is 188 g/mol. The van der Waals surface area contributed by atoms with Crippen molar-refractivity contribution in [2.24, 2.45) is 17.8 Å². The average Bonchev–Trinajstić information content (AvgIpc) is 2.18. The molecule has 2 aliphatic carbocycles. The van der Waals surface area contributed by atoms with Crippen LogP contribution in [0.5, 0.6) is 0 Å². The molecule has 0 heterocycles. The molecule has 0 amide bonds. The smallest absolute Gasteiger partial charge is 0.303 e. The first-order valence-corrected chi connectivity index (χ1v) is 6.10. The van der Waals surface area contributed by atoms with Crippen LogP contribution < -0.4 is 0 Å². The molecule has 1 N–H and O–H groups in total. The minimum absolute atomic E-state index is 0.337. The molecule has 3 atom stereocenters. The van der Waals surface area contributed by atoms with Gasteiger partial charge in [0, 0.05) is 0 Å². The number of allylic oxidation sites excluding steroid dienone is 2. The van der Waals surface area contributed by atoms with Crippen LogP contribution in [0.3, 0.4) is 0 Å². The third kappa shape index (κ3) is 2.42. The summed E-state index contributed by atoms with van der Waals surface area (Å²) in [7, 11) is 0. The van der Waals surface area contributed by atoms with Crippen molar-refractivity contribution in [3.63, 3.8) is 0 Å². The molecule has 0 aliphatic heterocycles. The lowest BCUT2D eigenvalue weighted by Gasteiger charge is -2.36. The Balaban J connectivity index is 2.13. The molecule has 2 aliphatic rings. The summed E-state index contributed by atoms with van der Waals surface area (Å²) >= 11 is 0. The van der Waals surface area contributed by atoms with E-state index in [1.807, 2.05) is 0 Å². The number of carboxylic acid groups (broad SMARTS) is 1. The fourth-order valence-corrected chi connectivity index (χ4v) is 3.17. The summed E-state index contributed by atoms with van der Waals surface area (Å²) in [5.41, 5.74) is 1.47. The Morgan fingerprint density at radius 1 is 1.40 bits per heavy atom. The molecule has 0 bridgehead atoms. The van der Waals surface area contributed by atoms with Crippen LogP contribution in [-0.2, 0) is 4.79 Å². The second-order valence-corrected chi connectivity index (χ2v) is 5.14. The lowest BCUT2D eigenvalue weighted by atomic mass is 9.69. The number of carboxylic acids is 1. The van der Waals surface area contributed by atoms with Crippen LogP contribution in [0.25, 0.3) is 0 Å². The van der Waals surface area contributed by atoms with E-state index in [1.165, 1.54) is 31.3 Å². The van der Waals surface area contributed by atoms with E-state index in [-0.39, 0.29) is 0 Å². The van der Waals surface area contributed by atoms with E-state index in [1.54, 1.807) is 0 Å². The van der Waals surface area contributed by atoms with Gasteiger partial charge < -0.3 is 5.11 Å². The summed E-state index contributed by atoms with van der Waals surface area (Å²) in [5, 5.41) is 8.89. The van der Waals surface area contributed by atoms with Crippen LogP contribution in [0.15, 0.2) is 11.6 Å². The Morgan fingerprint density at radius 2 is 2.20 bits per heavy atom. The largest absolute Gasteiger partial charge is 0.481 e. The zero-order valence-electron chi connectivity index (χ0n) is 9.41. The van der Waals surface area contributed by atoms with Gasteiger partial charge in [-0.05, 0) is 43.4 Å². The summed E-state index contributed by atoms with van der Waals surface area (Å²) in [4.78, 5) is 10.8. The molecule has 0 aromatic heterocycles. The Kier molecular flexibility index (Phi) is 3.13. The molecule has 1 saturated carbocycles. The first kappa shape index (κ1) is 10.7. The Labute approximate surface area is 91.4 Å². The molecule has 0 saturated heterocycles. The fourth-order valence-electron chi connectivity index (χ4n) is 3.17. The highest BCUT2D eigenvalue weighted by molar-refractivity contribution is 5.67. The van der Waals surface area contributed by atoms with Crippen molar-refractivity contribution in [3.8, 4) is 0 Å². The van der Waals surface area contributed by atoms with Crippen molar-refractivity contribution in [2.45, 2.75) is 45.4 Å². The maximum atomic E-state index is 10.8. The second kappa shape index (κ2) is 4.38. The van der Waals surface area contributed by atoms with Gasteiger partial charge in [-0.3, -0.25) is 4.79 Å². The SMILES string of the molecule is C[C@@H]1C=C2[C@H](CCC[C@H]2CC(=O)O)CC1. The molecule has 15 heavy (non-hydrogen) atoms. The lowest BCUT2D eigenvalue weighted by Crippen LogP contribution is -2.25. The first-order chi connectivity index (χ1) is 7.16. The number of aliphatic carboxylic acids is 1. The van der Waals surface area contributed by atoms with Crippen LogP contribution in [-0.4, -0.2) is 11.1 Å². The van der Waals surface area contributed by atoms with E-state index in [0.29, 0.717) is 24.2 Å². The molecule has 0 aromatic rings. The van der Waals surface area contributed by atoms with Gasteiger partial charge in [-0.2, -0.15) is 0 Å². The van der Waals surface area contributed by atoms with Crippen LogP contribution >= 0.6 is 0 Å². The minimum atomic E-state index is -0.639. The summed E-state index contributed by atoms with van der Waals surface area (Å²) < 4.78 is 0. The van der Waals surface area contributed by atoms with Gasteiger partial charge in [0.15, 0.2) is 0 Å². The van der Waals surface area contributed by atoms with Gasteiger partial charge in [0.2, 0.25) is 0 Å². The van der Waals surface area contributed by atoms with E-state index in [4.69, 9.17) is 5.11 Å².